The Morgan fingerprint density at radius 1 is 1.53 bits per heavy atom. The maximum Gasteiger partial charge on any atom is 0.287 e. The molecule has 1 aromatic rings. The summed E-state index contributed by atoms with van der Waals surface area (Å²) in [5.41, 5.74) is 0.0317. The van der Waals surface area contributed by atoms with Crippen LogP contribution >= 0.6 is 0 Å². The Morgan fingerprint density at radius 3 is 2.80 bits per heavy atom. The van der Waals surface area contributed by atoms with E-state index in [1.165, 1.54) is 31.5 Å². The average Bonchev–Trinajstić information content (AvgIpc) is 2.16. The van der Waals surface area contributed by atoms with Crippen LogP contribution in [0.25, 0.3) is 0 Å². The number of nitrogens with zero attached hydrogens (tertiary/aromatic N) is 2. The van der Waals surface area contributed by atoms with Crippen LogP contribution < -0.4 is 5.32 Å². The average molecular weight is 207 g/mol. The number of pyridine rings is 1. The van der Waals surface area contributed by atoms with E-state index in [-0.39, 0.29) is 5.69 Å². The number of aromatic nitrogens is 1. The van der Waals surface area contributed by atoms with E-state index in [2.05, 4.69) is 10.3 Å². The summed E-state index contributed by atoms with van der Waals surface area (Å²) >= 11 is 0. The van der Waals surface area contributed by atoms with Crippen LogP contribution in [0, 0.1) is 16.0 Å². The van der Waals surface area contributed by atoms with E-state index >= 15 is 0 Å². The molecule has 1 aliphatic rings. The number of rotatable bonds is 4. The molecule has 1 aliphatic carbocycles. The Morgan fingerprint density at radius 2 is 2.33 bits per heavy atom. The first-order valence-electron chi connectivity index (χ1n) is 5.10. The van der Waals surface area contributed by atoms with E-state index in [1.54, 1.807) is 6.07 Å². The van der Waals surface area contributed by atoms with E-state index in [1.807, 2.05) is 0 Å². The topological polar surface area (TPSA) is 68.1 Å². The van der Waals surface area contributed by atoms with Crippen LogP contribution in [-0.2, 0) is 0 Å². The van der Waals surface area contributed by atoms with Crippen LogP contribution in [0.15, 0.2) is 18.3 Å². The van der Waals surface area contributed by atoms with Crippen LogP contribution in [0.4, 0.5) is 11.5 Å². The van der Waals surface area contributed by atoms with Crippen LogP contribution in [0.2, 0.25) is 0 Å². The summed E-state index contributed by atoms with van der Waals surface area (Å²) in [6.45, 7) is 0.921. The van der Waals surface area contributed by atoms with Crippen molar-refractivity contribution < 1.29 is 4.92 Å². The normalized spacial score (nSPS) is 15.7. The second-order valence-electron chi connectivity index (χ2n) is 3.84. The molecule has 0 atom stereocenters. The molecule has 0 unspecified atom stereocenters. The lowest BCUT2D eigenvalue weighted by atomic mass is 9.85. The second-order valence-corrected chi connectivity index (χ2v) is 3.84. The molecule has 0 spiro atoms. The minimum atomic E-state index is -0.442. The van der Waals surface area contributed by atoms with Gasteiger partial charge in [-0.05, 0) is 24.8 Å². The van der Waals surface area contributed by atoms with E-state index in [0.29, 0.717) is 5.82 Å². The van der Waals surface area contributed by atoms with Gasteiger partial charge in [0.05, 0.1) is 4.92 Å². The Kier molecular flexibility index (Phi) is 2.80. The summed E-state index contributed by atoms with van der Waals surface area (Å²) in [5.74, 6) is 1.47. The number of anilines is 1. The van der Waals surface area contributed by atoms with Crippen LogP contribution in [0.1, 0.15) is 19.3 Å². The molecular weight excluding hydrogens is 194 g/mol. The van der Waals surface area contributed by atoms with Gasteiger partial charge in [-0.15, -0.1) is 0 Å². The molecule has 80 valence electrons. The lowest BCUT2D eigenvalue weighted by Gasteiger charge is -2.25. The van der Waals surface area contributed by atoms with Gasteiger partial charge in [0.25, 0.3) is 5.69 Å². The summed E-state index contributed by atoms with van der Waals surface area (Å²) in [7, 11) is 0. The van der Waals surface area contributed by atoms with Gasteiger partial charge in [-0.25, -0.2) is 4.98 Å². The van der Waals surface area contributed by atoms with Gasteiger partial charge >= 0.3 is 0 Å². The zero-order valence-electron chi connectivity index (χ0n) is 8.35. The molecule has 1 aromatic heterocycles. The molecule has 0 saturated heterocycles. The van der Waals surface area contributed by atoms with E-state index < -0.39 is 4.92 Å². The number of hydrogen-bond acceptors (Lipinski definition) is 4. The Hall–Kier alpha value is -1.65. The molecule has 15 heavy (non-hydrogen) atoms. The third kappa shape index (κ3) is 2.43. The van der Waals surface area contributed by atoms with Crippen molar-refractivity contribution in [3.05, 3.63) is 28.4 Å². The van der Waals surface area contributed by atoms with Crippen LogP contribution in [0.3, 0.4) is 0 Å². The highest BCUT2D eigenvalue weighted by atomic mass is 16.6. The second kappa shape index (κ2) is 4.25. The molecule has 1 saturated carbocycles. The highest BCUT2D eigenvalue weighted by Crippen LogP contribution is 2.26. The zero-order chi connectivity index (χ0) is 10.7. The van der Waals surface area contributed by atoms with Gasteiger partial charge in [0, 0.05) is 12.6 Å². The maximum absolute atomic E-state index is 10.4. The van der Waals surface area contributed by atoms with Gasteiger partial charge in [0.1, 0.15) is 12.0 Å². The number of hydrogen-bond donors (Lipinski definition) is 1. The molecule has 0 aromatic carbocycles. The maximum atomic E-state index is 10.4. The molecule has 0 radical (unpaired) electrons. The predicted octanol–water partition coefficient (Wildman–Crippen LogP) is 2.20. The van der Waals surface area contributed by atoms with Gasteiger partial charge in [-0.3, -0.25) is 10.1 Å². The summed E-state index contributed by atoms with van der Waals surface area (Å²) in [5, 5.41) is 13.6. The molecule has 0 bridgehead atoms. The minimum Gasteiger partial charge on any atom is -0.370 e. The molecule has 5 heteroatoms. The third-order valence-corrected chi connectivity index (χ3v) is 2.76. The largest absolute Gasteiger partial charge is 0.370 e. The molecule has 1 heterocycles. The van der Waals surface area contributed by atoms with Crippen molar-refractivity contribution in [2.75, 3.05) is 11.9 Å². The Bertz CT molecular complexity index is 346. The summed E-state index contributed by atoms with van der Waals surface area (Å²) < 4.78 is 0. The molecule has 1 fully saturated rings. The SMILES string of the molecule is O=[N+]([O-])c1ccc(NCC2CCC2)nc1. The van der Waals surface area contributed by atoms with E-state index in [0.717, 1.165) is 12.5 Å². The lowest BCUT2D eigenvalue weighted by Crippen LogP contribution is -2.21. The molecule has 0 aliphatic heterocycles. The van der Waals surface area contributed by atoms with Crippen LogP contribution in [-0.4, -0.2) is 16.5 Å². The summed E-state index contributed by atoms with van der Waals surface area (Å²) in [6.07, 6.45) is 5.16. The fraction of sp³-hybridized carbons (Fsp3) is 0.500. The standard InChI is InChI=1S/C10H13N3O2/c14-13(15)9-4-5-10(12-7-9)11-6-8-2-1-3-8/h4-5,7-8H,1-3,6H2,(H,11,12). The van der Waals surface area contributed by atoms with Gasteiger partial charge < -0.3 is 5.32 Å². The predicted molar refractivity (Wildman–Crippen MR) is 56.7 cm³/mol. The van der Waals surface area contributed by atoms with Gasteiger partial charge in [-0.2, -0.15) is 0 Å². The van der Waals surface area contributed by atoms with Gasteiger partial charge in [0.2, 0.25) is 0 Å². The van der Waals surface area contributed by atoms with Crippen LogP contribution in [0.5, 0.6) is 0 Å². The fourth-order valence-corrected chi connectivity index (χ4v) is 1.54. The van der Waals surface area contributed by atoms with Crippen molar-refractivity contribution in [2.45, 2.75) is 19.3 Å². The molecule has 0 amide bonds. The van der Waals surface area contributed by atoms with Crippen molar-refractivity contribution in [3.63, 3.8) is 0 Å². The van der Waals surface area contributed by atoms with E-state index in [9.17, 15) is 10.1 Å². The van der Waals surface area contributed by atoms with Crippen molar-refractivity contribution in [2.24, 2.45) is 5.92 Å². The highest BCUT2D eigenvalue weighted by Gasteiger charge is 2.16. The molecular formula is C10H13N3O2. The Balaban J connectivity index is 1.88. The summed E-state index contributed by atoms with van der Waals surface area (Å²) in [6, 6.07) is 3.12. The van der Waals surface area contributed by atoms with Crippen molar-refractivity contribution in [3.8, 4) is 0 Å². The van der Waals surface area contributed by atoms with Gasteiger partial charge in [0.15, 0.2) is 0 Å². The van der Waals surface area contributed by atoms with Crippen molar-refractivity contribution in [1.29, 1.82) is 0 Å². The van der Waals surface area contributed by atoms with Crippen molar-refractivity contribution >= 4 is 11.5 Å². The fourth-order valence-electron chi connectivity index (χ4n) is 1.54. The monoisotopic (exact) mass is 207 g/mol. The molecule has 5 nitrogen and oxygen atoms in total. The highest BCUT2D eigenvalue weighted by molar-refractivity contribution is 5.40. The first kappa shape index (κ1) is 9.89. The number of nitrogens with one attached hydrogen (secondary N) is 1. The minimum absolute atomic E-state index is 0.0317. The summed E-state index contributed by atoms with van der Waals surface area (Å²) in [4.78, 5) is 13.9. The first-order chi connectivity index (χ1) is 7.25. The zero-order valence-corrected chi connectivity index (χ0v) is 8.35. The van der Waals surface area contributed by atoms with Gasteiger partial charge in [-0.1, -0.05) is 6.42 Å². The quantitative estimate of drug-likeness (QED) is 0.607. The Labute approximate surface area is 87.7 Å². The third-order valence-electron chi connectivity index (χ3n) is 2.76. The first-order valence-corrected chi connectivity index (χ1v) is 5.10. The van der Waals surface area contributed by atoms with E-state index in [4.69, 9.17) is 0 Å². The smallest absolute Gasteiger partial charge is 0.287 e. The molecule has 2 rings (SSSR count). The molecule has 1 N–H and O–H groups in total. The van der Waals surface area contributed by atoms with Crippen molar-refractivity contribution in [1.82, 2.24) is 4.98 Å². The lowest BCUT2D eigenvalue weighted by molar-refractivity contribution is -0.385. The number of nitro groups is 1.